The van der Waals surface area contributed by atoms with E-state index in [1.165, 1.54) is 0 Å². The molecule has 1 unspecified atom stereocenters. The summed E-state index contributed by atoms with van der Waals surface area (Å²) in [7, 11) is 4.02. The number of hydrogen-bond donors (Lipinski definition) is 2. The maximum atomic E-state index is 10.9. The molecule has 0 saturated carbocycles. The minimum absolute atomic E-state index is 0.0325. The van der Waals surface area contributed by atoms with Crippen LogP contribution in [0.5, 0.6) is 0 Å². The van der Waals surface area contributed by atoms with E-state index in [0.717, 1.165) is 45.1 Å². The fourth-order valence-corrected chi connectivity index (χ4v) is 4.27. The summed E-state index contributed by atoms with van der Waals surface area (Å²) in [5.74, 6) is 0.618. The molecule has 2 aliphatic heterocycles. The summed E-state index contributed by atoms with van der Waals surface area (Å²) in [6.07, 6.45) is 7.17. The number of aliphatic hydroxyl groups is 2. The molecule has 4 nitrogen and oxygen atoms in total. The maximum absolute atomic E-state index is 10.9. The zero-order valence-electron chi connectivity index (χ0n) is 14.8. The van der Waals surface area contributed by atoms with Crippen LogP contribution in [0.2, 0.25) is 0 Å². The number of nitrogens with zero attached hydrogens (tertiary/aromatic N) is 2. The molecule has 0 spiro atoms. The molecule has 4 heteroatoms. The van der Waals surface area contributed by atoms with E-state index >= 15 is 0 Å². The molecule has 3 aliphatic rings. The smallest absolute Gasteiger partial charge is 0.134 e. The first-order valence-electron chi connectivity index (χ1n) is 8.81. The number of anilines is 3. The summed E-state index contributed by atoms with van der Waals surface area (Å²) in [6, 6.07) is 11.8. The van der Waals surface area contributed by atoms with E-state index in [1.807, 2.05) is 50.5 Å². The first-order chi connectivity index (χ1) is 12.6. The largest absolute Gasteiger partial charge is 0.507 e. The highest BCUT2D eigenvalue weighted by molar-refractivity contribution is 5.86. The van der Waals surface area contributed by atoms with Gasteiger partial charge in [-0.1, -0.05) is 30.4 Å². The van der Waals surface area contributed by atoms with E-state index in [4.69, 9.17) is 0 Å². The van der Waals surface area contributed by atoms with Gasteiger partial charge in [0.2, 0.25) is 0 Å². The SMILES string of the molecule is CN1c2ccccc2C(O)=c2cc3c(cc21)=C(O)C1=CCC=CC1N3C. The van der Waals surface area contributed by atoms with E-state index in [-0.39, 0.29) is 11.8 Å². The van der Waals surface area contributed by atoms with Crippen LogP contribution in [0.15, 0.2) is 60.2 Å². The Labute approximate surface area is 151 Å². The van der Waals surface area contributed by atoms with Gasteiger partial charge in [-0.25, -0.2) is 0 Å². The Morgan fingerprint density at radius 1 is 0.923 bits per heavy atom. The third kappa shape index (κ3) is 1.84. The van der Waals surface area contributed by atoms with E-state index in [9.17, 15) is 10.2 Å². The summed E-state index contributed by atoms with van der Waals surface area (Å²) in [5.41, 5.74) is 4.56. The quantitative estimate of drug-likeness (QED) is 0.722. The second kappa shape index (κ2) is 5.18. The number of fused-ring (bicyclic) bond motifs is 4. The second-order valence-electron chi connectivity index (χ2n) is 7.04. The van der Waals surface area contributed by atoms with Crippen molar-refractivity contribution < 1.29 is 10.2 Å². The first-order valence-corrected chi connectivity index (χ1v) is 8.81. The number of para-hydroxylation sites is 1. The number of rotatable bonds is 0. The lowest BCUT2D eigenvalue weighted by atomic mass is 9.91. The molecule has 0 amide bonds. The normalized spacial score (nSPS) is 20.2. The summed E-state index contributed by atoms with van der Waals surface area (Å²) in [5, 5.41) is 23.4. The van der Waals surface area contributed by atoms with Crippen molar-refractivity contribution in [3.8, 4) is 0 Å². The van der Waals surface area contributed by atoms with Gasteiger partial charge in [0.05, 0.1) is 17.4 Å². The number of likely N-dealkylation sites (N-methyl/N-ethyl adjacent to an activating group) is 1. The third-order valence-corrected chi connectivity index (χ3v) is 5.69. The Morgan fingerprint density at radius 3 is 2.50 bits per heavy atom. The van der Waals surface area contributed by atoms with Crippen LogP contribution < -0.4 is 20.2 Å². The zero-order chi connectivity index (χ0) is 18.0. The Hall–Kier alpha value is -3.14. The van der Waals surface area contributed by atoms with Crippen molar-refractivity contribution in [2.75, 3.05) is 23.9 Å². The van der Waals surface area contributed by atoms with Crippen LogP contribution in [0.4, 0.5) is 17.1 Å². The monoisotopic (exact) mass is 344 g/mol. The molecule has 26 heavy (non-hydrogen) atoms. The number of benzene rings is 2. The number of allylic oxidation sites excluding steroid dienone is 2. The molecule has 1 atom stereocenters. The van der Waals surface area contributed by atoms with Gasteiger partial charge in [-0.05, 0) is 30.7 Å². The van der Waals surface area contributed by atoms with Crippen molar-refractivity contribution in [2.45, 2.75) is 12.5 Å². The highest BCUT2D eigenvalue weighted by atomic mass is 16.3. The molecule has 0 radical (unpaired) electrons. The molecule has 0 bridgehead atoms. The molecule has 0 fully saturated rings. The van der Waals surface area contributed by atoms with E-state index in [0.29, 0.717) is 5.76 Å². The van der Waals surface area contributed by atoms with Crippen molar-refractivity contribution in [2.24, 2.45) is 0 Å². The minimum atomic E-state index is 0.0325. The van der Waals surface area contributed by atoms with Crippen molar-refractivity contribution in [1.29, 1.82) is 0 Å². The highest BCUT2D eigenvalue weighted by Crippen LogP contribution is 2.34. The van der Waals surface area contributed by atoms with E-state index in [2.05, 4.69) is 28.0 Å². The predicted molar refractivity (Wildman–Crippen MR) is 105 cm³/mol. The molecular formula is C22H20N2O2. The van der Waals surface area contributed by atoms with Crippen LogP contribution in [0, 0.1) is 0 Å². The molecule has 2 N–H and O–H groups in total. The average Bonchev–Trinajstić information content (AvgIpc) is 2.69. The lowest BCUT2D eigenvalue weighted by molar-refractivity contribution is 0.493. The van der Waals surface area contributed by atoms with Crippen LogP contribution in [0.1, 0.15) is 12.0 Å². The van der Waals surface area contributed by atoms with Crippen LogP contribution in [-0.4, -0.2) is 30.4 Å². The van der Waals surface area contributed by atoms with Gasteiger partial charge in [-0.2, -0.15) is 0 Å². The molecule has 0 saturated heterocycles. The van der Waals surface area contributed by atoms with Crippen molar-refractivity contribution in [3.05, 3.63) is 76.2 Å². The summed E-state index contributed by atoms with van der Waals surface area (Å²) in [4.78, 5) is 4.23. The van der Waals surface area contributed by atoms with Crippen LogP contribution in [-0.2, 0) is 0 Å². The fourth-order valence-electron chi connectivity index (χ4n) is 4.27. The highest BCUT2D eigenvalue weighted by Gasteiger charge is 2.30. The van der Waals surface area contributed by atoms with Gasteiger partial charge in [0.25, 0.3) is 0 Å². The van der Waals surface area contributed by atoms with Crippen LogP contribution in [0.3, 0.4) is 0 Å². The molecule has 130 valence electrons. The van der Waals surface area contributed by atoms with Crippen LogP contribution in [0.25, 0.3) is 11.5 Å². The number of hydrogen-bond acceptors (Lipinski definition) is 4. The Balaban J connectivity index is 1.88. The van der Waals surface area contributed by atoms with E-state index < -0.39 is 0 Å². The molecule has 2 aromatic carbocycles. The Bertz CT molecular complexity index is 1130. The molecule has 2 aromatic rings. The van der Waals surface area contributed by atoms with Crippen LogP contribution >= 0.6 is 0 Å². The number of aliphatic hydroxyl groups excluding tert-OH is 2. The van der Waals surface area contributed by atoms with Crippen molar-refractivity contribution in [1.82, 2.24) is 0 Å². The summed E-state index contributed by atoms with van der Waals surface area (Å²) < 4.78 is 0. The predicted octanol–water partition coefficient (Wildman–Crippen LogP) is 2.85. The van der Waals surface area contributed by atoms with Crippen molar-refractivity contribution >= 4 is 28.6 Å². The second-order valence-corrected chi connectivity index (χ2v) is 7.04. The lowest BCUT2D eigenvalue weighted by Crippen LogP contribution is -2.43. The fraction of sp³-hybridized carbons (Fsp3) is 0.182. The minimum Gasteiger partial charge on any atom is -0.507 e. The zero-order valence-corrected chi connectivity index (χ0v) is 14.8. The van der Waals surface area contributed by atoms with E-state index in [1.54, 1.807) is 0 Å². The average molecular weight is 344 g/mol. The first kappa shape index (κ1) is 15.1. The van der Waals surface area contributed by atoms with Gasteiger partial charge in [0.15, 0.2) is 0 Å². The lowest BCUT2D eigenvalue weighted by Gasteiger charge is -2.36. The molecule has 1 aliphatic carbocycles. The van der Waals surface area contributed by atoms with Crippen molar-refractivity contribution in [3.63, 3.8) is 0 Å². The summed E-state index contributed by atoms with van der Waals surface area (Å²) >= 11 is 0. The standard InChI is InChI=1S/C22H20N2O2/c1-23-17-9-5-3-7-13(17)21(25)15-12-20-16(11-19(15)23)22(26)14-8-4-6-10-18(14)24(20)2/h3,5-12,18,25-26H,4H2,1-2H3. The Kier molecular flexibility index (Phi) is 3.02. The molecule has 5 rings (SSSR count). The maximum Gasteiger partial charge on any atom is 0.134 e. The van der Waals surface area contributed by atoms with Gasteiger partial charge in [0.1, 0.15) is 11.5 Å². The molecular weight excluding hydrogens is 324 g/mol. The topological polar surface area (TPSA) is 46.9 Å². The van der Waals surface area contributed by atoms with Gasteiger partial charge in [-0.15, -0.1) is 0 Å². The van der Waals surface area contributed by atoms with Gasteiger partial charge in [-0.3, -0.25) is 0 Å². The van der Waals surface area contributed by atoms with Gasteiger partial charge in [0, 0.05) is 41.4 Å². The molecule has 2 heterocycles. The molecule has 0 aromatic heterocycles. The third-order valence-electron chi connectivity index (χ3n) is 5.69. The summed E-state index contributed by atoms with van der Waals surface area (Å²) in [6.45, 7) is 0. The van der Waals surface area contributed by atoms with Gasteiger partial charge < -0.3 is 20.0 Å². The Morgan fingerprint density at radius 2 is 1.65 bits per heavy atom. The van der Waals surface area contributed by atoms with Gasteiger partial charge >= 0.3 is 0 Å².